The average molecular weight is 298 g/mol. The van der Waals surface area contributed by atoms with E-state index in [1.54, 1.807) is 12.3 Å². The van der Waals surface area contributed by atoms with Gasteiger partial charge in [-0.1, -0.05) is 29.3 Å². The second-order valence-corrected chi connectivity index (χ2v) is 4.61. The van der Waals surface area contributed by atoms with Gasteiger partial charge in [0.25, 0.3) is 0 Å². The van der Waals surface area contributed by atoms with Crippen LogP contribution in [0.4, 0.5) is 11.6 Å². The van der Waals surface area contributed by atoms with Crippen molar-refractivity contribution in [1.29, 1.82) is 0 Å². The van der Waals surface area contributed by atoms with Crippen molar-refractivity contribution >= 4 is 34.8 Å². The van der Waals surface area contributed by atoms with Crippen LogP contribution in [-0.2, 0) is 6.42 Å². The van der Waals surface area contributed by atoms with Crippen LogP contribution in [-0.4, -0.2) is 16.5 Å². The molecule has 0 bridgehead atoms. The third kappa shape index (κ3) is 3.70. The Balaban J connectivity index is 2.00. The molecule has 4 N–H and O–H groups in total. The maximum Gasteiger partial charge on any atom is 0.161 e. The van der Waals surface area contributed by atoms with E-state index in [2.05, 4.69) is 20.7 Å². The highest BCUT2D eigenvalue weighted by Gasteiger charge is 2.08. The zero-order valence-corrected chi connectivity index (χ0v) is 11.5. The number of hydrazine groups is 1. The summed E-state index contributed by atoms with van der Waals surface area (Å²) >= 11 is 12.0. The quantitative estimate of drug-likeness (QED) is 0.584. The molecule has 0 atom stereocenters. The van der Waals surface area contributed by atoms with E-state index in [0.29, 0.717) is 28.2 Å². The molecule has 0 aliphatic rings. The molecule has 0 amide bonds. The number of halogens is 2. The number of rotatable bonds is 5. The van der Waals surface area contributed by atoms with Gasteiger partial charge in [0.2, 0.25) is 0 Å². The molecule has 2 heterocycles. The topological polar surface area (TPSA) is 75.9 Å². The predicted octanol–water partition coefficient (Wildman–Crippen LogP) is 2.72. The minimum Gasteiger partial charge on any atom is -0.368 e. The summed E-state index contributed by atoms with van der Waals surface area (Å²) in [7, 11) is 0. The van der Waals surface area contributed by atoms with E-state index in [1.807, 2.05) is 18.2 Å². The Bertz CT molecular complexity index is 547. The van der Waals surface area contributed by atoms with Crippen LogP contribution in [0.1, 0.15) is 5.69 Å². The number of anilines is 2. The van der Waals surface area contributed by atoms with E-state index < -0.39 is 0 Å². The van der Waals surface area contributed by atoms with Crippen LogP contribution in [0.25, 0.3) is 0 Å². The van der Waals surface area contributed by atoms with Gasteiger partial charge in [-0.3, -0.25) is 4.98 Å². The number of nitrogens with two attached hydrogens (primary N) is 1. The van der Waals surface area contributed by atoms with Gasteiger partial charge in [0.05, 0.1) is 10.0 Å². The third-order valence-electron chi connectivity index (χ3n) is 2.47. The lowest BCUT2D eigenvalue weighted by molar-refractivity contribution is 0.954. The monoisotopic (exact) mass is 297 g/mol. The van der Waals surface area contributed by atoms with E-state index in [-0.39, 0.29) is 0 Å². The Morgan fingerprint density at radius 3 is 2.63 bits per heavy atom. The van der Waals surface area contributed by atoms with Gasteiger partial charge in [0, 0.05) is 24.9 Å². The SMILES string of the molecule is NNc1nc(NCCc2ccccn2)c(Cl)cc1Cl. The fourth-order valence-corrected chi connectivity index (χ4v) is 2.03. The van der Waals surface area contributed by atoms with Crippen molar-refractivity contribution in [2.75, 3.05) is 17.3 Å². The molecule has 19 heavy (non-hydrogen) atoms. The Kier molecular flexibility index (Phi) is 4.79. The Hall–Kier alpha value is -1.56. The second-order valence-electron chi connectivity index (χ2n) is 3.79. The number of nitrogens with one attached hydrogen (secondary N) is 2. The summed E-state index contributed by atoms with van der Waals surface area (Å²) in [6, 6.07) is 7.39. The molecule has 0 radical (unpaired) electrons. The van der Waals surface area contributed by atoms with E-state index in [4.69, 9.17) is 29.0 Å². The fourth-order valence-electron chi connectivity index (χ4n) is 1.55. The van der Waals surface area contributed by atoms with E-state index in [1.165, 1.54) is 0 Å². The minimum atomic E-state index is 0.378. The summed E-state index contributed by atoms with van der Waals surface area (Å²) < 4.78 is 0. The Morgan fingerprint density at radius 2 is 1.95 bits per heavy atom. The molecule has 2 rings (SSSR count). The van der Waals surface area contributed by atoms with Crippen LogP contribution < -0.4 is 16.6 Å². The van der Waals surface area contributed by atoms with Crippen molar-refractivity contribution in [2.45, 2.75) is 6.42 Å². The van der Waals surface area contributed by atoms with Gasteiger partial charge in [-0.2, -0.15) is 0 Å². The zero-order valence-electron chi connectivity index (χ0n) is 10.0. The minimum absolute atomic E-state index is 0.378. The number of pyridine rings is 2. The number of nitrogens with zero attached hydrogens (tertiary/aromatic N) is 2. The molecule has 0 spiro atoms. The molecular weight excluding hydrogens is 285 g/mol. The van der Waals surface area contributed by atoms with Crippen LogP contribution in [0.5, 0.6) is 0 Å². The molecule has 0 aliphatic carbocycles. The van der Waals surface area contributed by atoms with Gasteiger partial charge < -0.3 is 10.7 Å². The molecule has 0 aromatic carbocycles. The predicted molar refractivity (Wildman–Crippen MR) is 78.5 cm³/mol. The first-order valence-electron chi connectivity index (χ1n) is 5.67. The van der Waals surface area contributed by atoms with E-state index in [9.17, 15) is 0 Å². The summed E-state index contributed by atoms with van der Waals surface area (Å²) in [6.07, 6.45) is 2.53. The van der Waals surface area contributed by atoms with E-state index in [0.717, 1.165) is 12.1 Å². The molecule has 2 aromatic rings. The second kappa shape index (κ2) is 6.56. The van der Waals surface area contributed by atoms with Gasteiger partial charge in [-0.25, -0.2) is 10.8 Å². The standard InChI is InChI=1S/C12H13Cl2N5/c13-9-7-10(14)12(19-15)18-11(9)17-6-4-8-3-1-2-5-16-8/h1-3,5,7H,4,6,15H2,(H2,17,18,19). The van der Waals surface area contributed by atoms with Crippen molar-refractivity contribution in [3.8, 4) is 0 Å². The number of aromatic nitrogens is 2. The maximum atomic E-state index is 6.05. The van der Waals surface area contributed by atoms with Crippen molar-refractivity contribution in [2.24, 2.45) is 5.84 Å². The first-order valence-corrected chi connectivity index (χ1v) is 6.42. The Morgan fingerprint density at radius 1 is 1.16 bits per heavy atom. The summed E-state index contributed by atoms with van der Waals surface area (Å²) in [5.74, 6) is 6.23. The lowest BCUT2D eigenvalue weighted by atomic mass is 10.3. The van der Waals surface area contributed by atoms with Crippen LogP contribution in [0.3, 0.4) is 0 Å². The zero-order chi connectivity index (χ0) is 13.7. The molecular formula is C12H13Cl2N5. The van der Waals surface area contributed by atoms with Crippen LogP contribution in [0, 0.1) is 0 Å². The van der Waals surface area contributed by atoms with Gasteiger partial charge in [0.15, 0.2) is 5.82 Å². The number of hydrogen-bond acceptors (Lipinski definition) is 5. The molecule has 0 fully saturated rings. The molecule has 100 valence electrons. The van der Waals surface area contributed by atoms with Crippen molar-refractivity contribution in [1.82, 2.24) is 9.97 Å². The molecule has 0 saturated carbocycles. The third-order valence-corrected chi connectivity index (χ3v) is 3.04. The summed E-state index contributed by atoms with van der Waals surface area (Å²) in [4.78, 5) is 8.42. The van der Waals surface area contributed by atoms with Gasteiger partial charge in [0.1, 0.15) is 5.82 Å². The smallest absolute Gasteiger partial charge is 0.161 e. The van der Waals surface area contributed by atoms with E-state index >= 15 is 0 Å². The average Bonchev–Trinajstić information content (AvgIpc) is 2.42. The first-order chi connectivity index (χ1) is 9.20. The highest BCUT2D eigenvalue weighted by atomic mass is 35.5. The summed E-state index contributed by atoms with van der Waals surface area (Å²) in [6.45, 7) is 0.662. The van der Waals surface area contributed by atoms with Crippen LogP contribution in [0.2, 0.25) is 10.0 Å². The summed E-state index contributed by atoms with van der Waals surface area (Å²) in [5.41, 5.74) is 3.41. The summed E-state index contributed by atoms with van der Waals surface area (Å²) in [5, 5.41) is 3.95. The van der Waals surface area contributed by atoms with Gasteiger partial charge in [-0.15, -0.1) is 0 Å². The van der Waals surface area contributed by atoms with Crippen molar-refractivity contribution < 1.29 is 0 Å². The highest BCUT2D eigenvalue weighted by molar-refractivity contribution is 6.37. The number of hydrogen-bond donors (Lipinski definition) is 3. The normalized spacial score (nSPS) is 10.3. The van der Waals surface area contributed by atoms with Crippen molar-refractivity contribution in [3.63, 3.8) is 0 Å². The largest absolute Gasteiger partial charge is 0.368 e. The fraction of sp³-hybridized carbons (Fsp3) is 0.167. The van der Waals surface area contributed by atoms with Crippen molar-refractivity contribution in [3.05, 3.63) is 46.2 Å². The molecule has 7 heteroatoms. The molecule has 2 aromatic heterocycles. The lowest BCUT2D eigenvalue weighted by Crippen LogP contribution is -2.12. The maximum absolute atomic E-state index is 6.05. The van der Waals surface area contributed by atoms with Gasteiger partial charge in [-0.05, 0) is 18.2 Å². The van der Waals surface area contributed by atoms with Crippen LogP contribution >= 0.6 is 23.2 Å². The molecule has 0 aliphatic heterocycles. The Labute approximate surface area is 121 Å². The first kappa shape index (κ1) is 13.9. The molecule has 5 nitrogen and oxygen atoms in total. The van der Waals surface area contributed by atoms with Crippen LogP contribution in [0.15, 0.2) is 30.5 Å². The van der Waals surface area contributed by atoms with Gasteiger partial charge >= 0.3 is 0 Å². The molecule has 0 unspecified atom stereocenters. The lowest BCUT2D eigenvalue weighted by Gasteiger charge is -2.10. The number of nitrogen functional groups attached to an aromatic ring is 1. The molecule has 0 saturated heterocycles. The highest BCUT2D eigenvalue weighted by Crippen LogP contribution is 2.28.